The van der Waals surface area contributed by atoms with Gasteiger partial charge in [0.15, 0.2) is 0 Å². The van der Waals surface area contributed by atoms with Gasteiger partial charge in [0.2, 0.25) is 5.91 Å². The smallest absolute Gasteiger partial charge is 0.323 e. The zero-order valence-corrected chi connectivity index (χ0v) is 7.27. The number of carbonyl (C=O) groups excluding carboxylic acids is 1. The lowest BCUT2D eigenvalue weighted by atomic mass is 10.3. The molecule has 1 amide bonds. The van der Waals surface area contributed by atoms with E-state index in [9.17, 15) is 9.59 Å². The van der Waals surface area contributed by atoms with E-state index in [0.29, 0.717) is 0 Å². The molecule has 0 aliphatic heterocycles. The first-order valence-electron chi connectivity index (χ1n) is 3.92. The van der Waals surface area contributed by atoms with Gasteiger partial charge in [-0.2, -0.15) is 0 Å². The molecule has 76 valence electrons. The average Bonchev–Trinajstić information content (AvgIpc) is 2.03. The van der Waals surface area contributed by atoms with Gasteiger partial charge in [0, 0.05) is 19.5 Å². The minimum Gasteiger partial charge on any atom is -0.480 e. The highest BCUT2D eigenvalue weighted by Crippen LogP contribution is 1.92. The molecule has 0 aliphatic carbocycles. The summed E-state index contributed by atoms with van der Waals surface area (Å²) >= 11 is 0. The third kappa shape index (κ3) is 5.15. The molecule has 0 atom stereocenters. The number of carboxylic acids is 1. The first kappa shape index (κ1) is 11.9. The van der Waals surface area contributed by atoms with Crippen LogP contribution in [0.4, 0.5) is 0 Å². The maximum atomic E-state index is 11.1. The van der Waals surface area contributed by atoms with E-state index >= 15 is 0 Å². The van der Waals surface area contributed by atoms with Gasteiger partial charge >= 0.3 is 5.97 Å². The lowest BCUT2D eigenvalue weighted by molar-refractivity contribution is -0.144. The van der Waals surface area contributed by atoms with Crippen molar-refractivity contribution in [3.8, 4) is 0 Å². The van der Waals surface area contributed by atoms with Crippen LogP contribution in [0.1, 0.15) is 6.42 Å². The molecule has 0 fully saturated rings. The molecule has 0 aliphatic rings. The summed E-state index contributed by atoms with van der Waals surface area (Å²) in [5.74, 6) is -1.45. The number of hydrogen-bond acceptors (Lipinski definition) is 4. The zero-order chi connectivity index (χ0) is 10.3. The summed E-state index contributed by atoms with van der Waals surface area (Å²) in [5, 5.41) is 17.0. The molecule has 0 heterocycles. The van der Waals surface area contributed by atoms with Gasteiger partial charge < -0.3 is 20.8 Å². The Morgan fingerprint density at radius 3 is 2.38 bits per heavy atom. The number of aliphatic carboxylic acids is 1. The number of amides is 1. The lowest BCUT2D eigenvalue weighted by Crippen LogP contribution is -2.38. The number of hydrogen-bond donors (Lipinski definition) is 3. The van der Waals surface area contributed by atoms with Gasteiger partial charge in [-0.3, -0.25) is 9.59 Å². The van der Waals surface area contributed by atoms with Gasteiger partial charge in [0.05, 0.1) is 6.61 Å². The van der Waals surface area contributed by atoms with Crippen LogP contribution >= 0.6 is 0 Å². The third-order valence-electron chi connectivity index (χ3n) is 1.41. The second-order valence-electron chi connectivity index (χ2n) is 2.47. The molecule has 13 heavy (non-hydrogen) atoms. The maximum Gasteiger partial charge on any atom is 0.323 e. The predicted octanol–water partition coefficient (Wildman–Crippen LogP) is -1.76. The van der Waals surface area contributed by atoms with Crippen LogP contribution in [-0.4, -0.2) is 53.2 Å². The average molecular weight is 190 g/mol. The second kappa shape index (κ2) is 6.38. The van der Waals surface area contributed by atoms with Gasteiger partial charge in [-0.1, -0.05) is 0 Å². The molecule has 0 saturated heterocycles. The molecule has 0 aromatic rings. The van der Waals surface area contributed by atoms with Gasteiger partial charge in [0.1, 0.15) is 6.54 Å². The zero-order valence-electron chi connectivity index (χ0n) is 7.27. The third-order valence-corrected chi connectivity index (χ3v) is 1.41. The van der Waals surface area contributed by atoms with Crippen molar-refractivity contribution >= 4 is 11.9 Å². The van der Waals surface area contributed by atoms with Crippen molar-refractivity contribution in [1.82, 2.24) is 4.90 Å². The number of nitrogens with zero attached hydrogens (tertiary/aromatic N) is 1. The molecule has 0 bridgehead atoms. The van der Waals surface area contributed by atoms with Crippen LogP contribution in [0.2, 0.25) is 0 Å². The highest BCUT2D eigenvalue weighted by molar-refractivity contribution is 5.81. The summed E-state index contributed by atoms with van der Waals surface area (Å²) in [5.41, 5.74) is 5.14. The van der Waals surface area contributed by atoms with Crippen LogP contribution in [-0.2, 0) is 9.59 Å². The van der Waals surface area contributed by atoms with E-state index in [1.54, 1.807) is 0 Å². The van der Waals surface area contributed by atoms with E-state index in [0.717, 1.165) is 4.90 Å². The summed E-state index contributed by atoms with van der Waals surface area (Å²) in [6.07, 6.45) is 0.104. The number of aliphatic hydroxyl groups excluding tert-OH is 1. The van der Waals surface area contributed by atoms with Gasteiger partial charge in [-0.15, -0.1) is 0 Å². The highest BCUT2D eigenvalue weighted by atomic mass is 16.4. The number of carbonyl (C=O) groups is 2. The lowest BCUT2D eigenvalue weighted by Gasteiger charge is -2.18. The number of rotatable bonds is 6. The highest BCUT2D eigenvalue weighted by Gasteiger charge is 2.14. The number of carboxylic acid groups (broad SMARTS) is 1. The van der Waals surface area contributed by atoms with Gasteiger partial charge in [0.25, 0.3) is 0 Å². The molecule has 0 unspecified atom stereocenters. The molecule has 4 N–H and O–H groups in total. The Kier molecular flexibility index (Phi) is 5.82. The van der Waals surface area contributed by atoms with Gasteiger partial charge in [-0.25, -0.2) is 0 Å². The SMILES string of the molecule is NCCC(=O)N(CCO)CC(=O)O. The minimum atomic E-state index is -1.10. The molecule has 0 aromatic heterocycles. The standard InChI is InChI=1S/C7H14N2O4/c8-2-1-6(11)9(3-4-10)5-7(12)13/h10H,1-5,8H2,(H,12,13). The van der Waals surface area contributed by atoms with Crippen molar-refractivity contribution in [1.29, 1.82) is 0 Å². The first-order valence-corrected chi connectivity index (χ1v) is 3.92. The summed E-state index contributed by atoms with van der Waals surface area (Å²) < 4.78 is 0. The molecule has 6 nitrogen and oxygen atoms in total. The van der Waals surface area contributed by atoms with Crippen LogP contribution in [0, 0.1) is 0 Å². The monoisotopic (exact) mass is 190 g/mol. The summed E-state index contributed by atoms with van der Waals surface area (Å²) in [6.45, 7) is -0.422. The van der Waals surface area contributed by atoms with E-state index in [1.807, 2.05) is 0 Å². The Morgan fingerprint density at radius 1 is 1.38 bits per heavy atom. The fraction of sp³-hybridized carbons (Fsp3) is 0.714. The summed E-state index contributed by atoms with van der Waals surface area (Å²) in [6, 6.07) is 0. The van der Waals surface area contributed by atoms with Crippen molar-refractivity contribution in [2.45, 2.75) is 6.42 Å². The van der Waals surface area contributed by atoms with Crippen LogP contribution in [0.3, 0.4) is 0 Å². The Morgan fingerprint density at radius 2 is 2.00 bits per heavy atom. The molecule has 0 spiro atoms. The van der Waals surface area contributed by atoms with Gasteiger partial charge in [-0.05, 0) is 0 Å². The van der Waals surface area contributed by atoms with E-state index in [1.165, 1.54) is 0 Å². The van der Waals surface area contributed by atoms with Crippen LogP contribution in [0.5, 0.6) is 0 Å². The molecular weight excluding hydrogens is 176 g/mol. The van der Waals surface area contributed by atoms with Crippen molar-refractivity contribution < 1.29 is 19.8 Å². The molecule has 0 aromatic carbocycles. The first-order chi connectivity index (χ1) is 6.11. The molecular formula is C7H14N2O4. The van der Waals surface area contributed by atoms with Crippen molar-refractivity contribution in [2.75, 3.05) is 26.2 Å². The normalized spacial score (nSPS) is 9.69. The molecule has 0 saturated carbocycles. The quantitative estimate of drug-likeness (QED) is 0.460. The maximum absolute atomic E-state index is 11.1. The second-order valence-corrected chi connectivity index (χ2v) is 2.47. The largest absolute Gasteiger partial charge is 0.480 e. The fourth-order valence-electron chi connectivity index (χ4n) is 0.858. The van der Waals surface area contributed by atoms with E-state index in [4.69, 9.17) is 15.9 Å². The Bertz CT molecular complexity index is 183. The van der Waals surface area contributed by atoms with E-state index in [2.05, 4.69) is 0 Å². The van der Waals surface area contributed by atoms with Crippen molar-refractivity contribution in [2.24, 2.45) is 5.73 Å². The van der Waals surface area contributed by atoms with Crippen molar-refractivity contribution in [3.63, 3.8) is 0 Å². The van der Waals surface area contributed by atoms with Crippen LogP contribution in [0.25, 0.3) is 0 Å². The Balaban J connectivity index is 4.06. The topological polar surface area (TPSA) is 104 Å². The summed E-state index contributed by atoms with van der Waals surface area (Å²) in [7, 11) is 0. The number of aliphatic hydroxyl groups is 1. The number of nitrogens with two attached hydrogens (primary N) is 1. The Hall–Kier alpha value is -1.14. The Labute approximate surface area is 75.9 Å². The minimum absolute atomic E-state index is 0.0329. The molecule has 0 radical (unpaired) electrons. The van der Waals surface area contributed by atoms with E-state index in [-0.39, 0.29) is 38.6 Å². The van der Waals surface area contributed by atoms with Crippen LogP contribution in [0.15, 0.2) is 0 Å². The molecule has 6 heteroatoms. The summed E-state index contributed by atoms with van der Waals surface area (Å²) in [4.78, 5) is 22.5. The van der Waals surface area contributed by atoms with Crippen molar-refractivity contribution in [3.05, 3.63) is 0 Å². The predicted molar refractivity (Wildman–Crippen MR) is 45.0 cm³/mol. The molecule has 0 rings (SSSR count). The fourth-order valence-corrected chi connectivity index (χ4v) is 0.858. The van der Waals surface area contributed by atoms with E-state index < -0.39 is 5.97 Å². The van der Waals surface area contributed by atoms with Crippen LogP contribution < -0.4 is 5.73 Å².